The van der Waals surface area contributed by atoms with Gasteiger partial charge in [0.05, 0.1) is 11.2 Å². The van der Waals surface area contributed by atoms with Gasteiger partial charge in [-0.1, -0.05) is 19.9 Å². The first-order chi connectivity index (χ1) is 7.70. The van der Waals surface area contributed by atoms with Gasteiger partial charge in [0, 0.05) is 0 Å². The van der Waals surface area contributed by atoms with Gasteiger partial charge in [0.25, 0.3) is 0 Å². The van der Waals surface area contributed by atoms with Crippen LogP contribution >= 0.6 is 0 Å². The average Bonchev–Trinajstić information content (AvgIpc) is 2.20. The summed E-state index contributed by atoms with van der Waals surface area (Å²) >= 11 is 0. The summed E-state index contributed by atoms with van der Waals surface area (Å²) in [5.41, 5.74) is -0.341. The minimum absolute atomic E-state index is 0.194. The highest BCUT2D eigenvalue weighted by Crippen LogP contribution is 2.57. The predicted octanol–water partition coefficient (Wildman–Crippen LogP) is 3.03. The normalized spacial score (nSPS) is 50.8. The number of hydrogen-bond acceptors (Lipinski definition) is 2. The van der Waals surface area contributed by atoms with Gasteiger partial charge >= 0.3 is 0 Å². The Morgan fingerprint density at radius 3 is 2.35 bits per heavy atom. The van der Waals surface area contributed by atoms with E-state index < -0.39 is 11.2 Å². The third-order valence-corrected chi connectivity index (χ3v) is 5.47. The molecule has 0 aromatic heterocycles. The molecule has 2 aliphatic carbocycles. The van der Waals surface area contributed by atoms with E-state index in [1.165, 1.54) is 6.42 Å². The van der Waals surface area contributed by atoms with Crippen molar-refractivity contribution in [3.63, 3.8) is 0 Å². The first-order valence-electron chi connectivity index (χ1n) is 6.80. The van der Waals surface area contributed by atoms with Crippen LogP contribution < -0.4 is 0 Å². The van der Waals surface area contributed by atoms with Gasteiger partial charge in [0.1, 0.15) is 0 Å². The standard InChI is InChI=1S/C15H26O2/c1-11(2)15(17)9-8-13(3)6-5-7-14(4,16)12(13)10-15/h12,16-17H,1,5-10H2,2-4H3/t12-,13+,14+,15+/m1/s1. The Hall–Kier alpha value is -0.340. The van der Waals surface area contributed by atoms with E-state index in [-0.39, 0.29) is 11.3 Å². The van der Waals surface area contributed by atoms with Crippen LogP contribution in [-0.4, -0.2) is 21.4 Å². The Kier molecular flexibility index (Phi) is 2.95. The van der Waals surface area contributed by atoms with Crippen LogP contribution in [0.1, 0.15) is 59.3 Å². The Morgan fingerprint density at radius 1 is 1.12 bits per heavy atom. The molecule has 0 radical (unpaired) electrons. The van der Waals surface area contributed by atoms with Crippen LogP contribution in [0.25, 0.3) is 0 Å². The molecule has 2 fully saturated rings. The Morgan fingerprint density at radius 2 is 1.76 bits per heavy atom. The van der Waals surface area contributed by atoms with E-state index in [4.69, 9.17) is 0 Å². The van der Waals surface area contributed by atoms with E-state index in [1.54, 1.807) is 0 Å². The van der Waals surface area contributed by atoms with Gasteiger partial charge in [0.15, 0.2) is 0 Å². The molecular weight excluding hydrogens is 212 g/mol. The zero-order valence-electron chi connectivity index (χ0n) is 11.4. The van der Waals surface area contributed by atoms with Crippen LogP contribution in [0.15, 0.2) is 12.2 Å². The molecule has 4 atom stereocenters. The van der Waals surface area contributed by atoms with Gasteiger partial charge in [-0.15, -0.1) is 0 Å². The zero-order valence-corrected chi connectivity index (χ0v) is 11.4. The Labute approximate surface area is 105 Å². The largest absolute Gasteiger partial charge is 0.390 e. The third-order valence-electron chi connectivity index (χ3n) is 5.47. The van der Waals surface area contributed by atoms with E-state index in [2.05, 4.69) is 13.5 Å². The average molecular weight is 238 g/mol. The summed E-state index contributed by atoms with van der Waals surface area (Å²) in [6.45, 7) is 10.1. The van der Waals surface area contributed by atoms with Gasteiger partial charge in [-0.05, 0) is 62.9 Å². The summed E-state index contributed by atoms with van der Waals surface area (Å²) < 4.78 is 0. The van der Waals surface area contributed by atoms with Crippen LogP contribution in [0, 0.1) is 11.3 Å². The summed E-state index contributed by atoms with van der Waals surface area (Å²) in [5, 5.41) is 21.2. The molecule has 0 saturated heterocycles. The smallest absolute Gasteiger partial charge is 0.0855 e. The van der Waals surface area contributed by atoms with Crippen molar-refractivity contribution in [1.29, 1.82) is 0 Å². The van der Waals surface area contributed by atoms with Crippen LogP contribution in [0.3, 0.4) is 0 Å². The monoisotopic (exact) mass is 238 g/mol. The van der Waals surface area contributed by atoms with Crippen molar-refractivity contribution in [2.24, 2.45) is 11.3 Å². The molecule has 0 aliphatic heterocycles. The molecule has 17 heavy (non-hydrogen) atoms. The molecular formula is C15H26O2. The highest BCUT2D eigenvalue weighted by atomic mass is 16.3. The van der Waals surface area contributed by atoms with Gasteiger partial charge in [-0.25, -0.2) is 0 Å². The molecule has 0 heterocycles. The van der Waals surface area contributed by atoms with Gasteiger partial charge < -0.3 is 10.2 Å². The molecule has 2 aliphatic rings. The van der Waals surface area contributed by atoms with Crippen molar-refractivity contribution in [3.05, 3.63) is 12.2 Å². The number of hydrogen-bond donors (Lipinski definition) is 2. The number of aliphatic hydroxyl groups is 2. The fourth-order valence-electron chi connectivity index (χ4n) is 4.03. The molecule has 0 bridgehead atoms. The third kappa shape index (κ3) is 2.06. The predicted molar refractivity (Wildman–Crippen MR) is 69.7 cm³/mol. The molecule has 0 unspecified atom stereocenters. The summed E-state index contributed by atoms with van der Waals surface area (Å²) in [4.78, 5) is 0. The fraction of sp³-hybridized carbons (Fsp3) is 0.867. The molecule has 0 amide bonds. The van der Waals surface area contributed by atoms with Gasteiger partial charge in [0.2, 0.25) is 0 Å². The Bertz CT molecular complexity index is 334. The van der Waals surface area contributed by atoms with E-state index in [0.717, 1.165) is 31.3 Å². The first-order valence-corrected chi connectivity index (χ1v) is 6.80. The molecule has 0 spiro atoms. The number of fused-ring (bicyclic) bond motifs is 1. The molecule has 0 aromatic rings. The van der Waals surface area contributed by atoms with Crippen LogP contribution in [0.5, 0.6) is 0 Å². The summed E-state index contributed by atoms with van der Waals surface area (Å²) in [5.74, 6) is 0.194. The lowest BCUT2D eigenvalue weighted by Gasteiger charge is -2.56. The first kappa shape index (κ1) is 13.1. The molecule has 2 N–H and O–H groups in total. The quantitative estimate of drug-likeness (QED) is 0.689. The van der Waals surface area contributed by atoms with Crippen LogP contribution in [-0.2, 0) is 0 Å². The minimum Gasteiger partial charge on any atom is -0.390 e. The number of rotatable bonds is 1. The van der Waals surface area contributed by atoms with E-state index >= 15 is 0 Å². The molecule has 2 heteroatoms. The summed E-state index contributed by atoms with van der Waals surface area (Å²) in [7, 11) is 0. The second kappa shape index (κ2) is 3.83. The molecule has 2 saturated carbocycles. The van der Waals surface area contributed by atoms with Crippen molar-refractivity contribution < 1.29 is 10.2 Å². The molecule has 2 nitrogen and oxygen atoms in total. The molecule has 2 rings (SSSR count). The lowest BCUT2D eigenvalue weighted by molar-refractivity contribution is -0.152. The Balaban J connectivity index is 2.29. The molecule has 0 aromatic carbocycles. The second-order valence-electron chi connectivity index (χ2n) is 6.93. The van der Waals surface area contributed by atoms with Crippen molar-refractivity contribution in [2.75, 3.05) is 0 Å². The van der Waals surface area contributed by atoms with Crippen molar-refractivity contribution in [2.45, 2.75) is 70.5 Å². The van der Waals surface area contributed by atoms with Crippen LogP contribution in [0.4, 0.5) is 0 Å². The lowest BCUT2D eigenvalue weighted by atomic mass is 9.52. The van der Waals surface area contributed by atoms with Crippen LogP contribution in [0.2, 0.25) is 0 Å². The van der Waals surface area contributed by atoms with Crippen molar-refractivity contribution in [1.82, 2.24) is 0 Å². The lowest BCUT2D eigenvalue weighted by Crippen LogP contribution is -2.55. The van der Waals surface area contributed by atoms with E-state index in [1.807, 2.05) is 13.8 Å². The highest BCUT2D eigenvalue weighted by Gasteiger charge is 2.54. The topological polar surface area (TPSA) is 40.5 Å². The van der Waals surface area contributed by atoms with E-state index in [0.29, 0.717) is 6.42 Å². The summed E-state index contributed by atoms with van der Waals surface area (Å²) in [6, 6.07) is 0. The maximum Gasteiger partial charge on any atom is 0.0855 e. The SMILES string of the molecule is C=C(C)[C@]1(O)CC[C@]2(C)CCC[C@](C)(O)[C@@H]2C1. The van der Waals surface area contributed by atoms with Crippen molar-refractivity contribution >= 4 is 0 Å². The molecule has 98 valence electrons. The van der Waals surface area contributed by atoms with Gasteiger partial charge in [-0.2, -0.15) is 0 Å². The zero-order chi connectivity index (χ0) is 12.9. The minimum atomic E-state index is -0.758. The highest BCUT2D eigenvalue weighted by molar-refractivity contribution is 5.16. The second-order valence-corrected chi connectivity index (χ2v) is 6.93. The fourth-order valence-corrected chi connectivity index (χ4v) is 4.03. The maximum atomic E-state index is 10.6. The van der Waals surface area contributed by atoms with E-state index in [9.17, 15) is 10.2 Å². The summed E-state index contributed by atoms with van der Waals surface area (Å²) in [6.07, 6.45) is 5.61. The maximum absolute atomic E-state index is 10.6. The van der Waals surface area contributed by atoms with Gasteiger partial charge in [-0.3, -0.25) is 0 Å². The van der Waals surface area contributed by atoms with Crippen molar-refractivity contribution in [3.8, 4) is 0 Å².